The van der Waals surface area contributed by atoms with Crippen LogP contribution in [0.25, 0.3) is 0 Å². The van der Waals surface area contributed by atoms with Crippen molar-refractivity contribution in [2.24, 2.45) is 10.9 Å². The molecule has 1 atom stereocenters. The number of nitrogens with zero attached hydrogens (tertiary/aromatic N) is 2. The fourth-order valence-corrected chi connectivity index (χ4v) is 3.97. The Morgan fingerprint density at radius 2 is 2.08 bits per heavy atom. The molecule has 3 rings (SSSR count). The Morgan fingerprint density at radius 1 is 1.35 bits per heavy atom. The van der Waals surface area contributed by atoms with Crippen molar-refractivity contribution < 1.29 is 4.74 Å². The van der Waals surface area contributed by atoms with E-state index in [1.807, 2.05) is 12.1 Å². The van der Waals surface area contributed by atoms with E-state index in [1.165, 1.54) is 24.8 Å². The van der Waals surface area contributed by atoms with Crippen LogP contribution >= 0.6 is 35.6 Å². The van der Waals surface area contributed by atoms with Gasteiger partial charge in [0.2, 0.25) is 0 Å². The second-order valence-corrected chi connectivity index (χ2v) is 7.86. The SMILES string of the molecule is CCNC(=NCC1(c2ccc(Cl)cc2)CCC1)N(C)CC1CCOC1.I. The topological polar surface area (TPSA) is 36.9 Å². The zero-order valence-electron chi connectivity index (χ0n) is 15.8. The zero-order chi connectivity index (χ0) is 17.7. The largest absolute Gasteiger partial charge is 0.381 e. The van der Waals surface area contributed by atoms with Gasteiger partial charge in [0.25, 0.3) is 0 Å². The van der Waals surface area contributed by atoms with Gasteiger partial charge in [-0.2, -0.15) is 0 Å². The van der Waals surface area contributed by atoms with E-state index in [0.717, 1.165) is 50.3 Å². The predicted octanol–water partition coefficient (Wildman–Crippen LogP) is 4.31. The number of nitrogens with one attached hydrogen (secondary N) is 1. The molecule has 1 aliphatic carbocycles. The van der Waals surface area contributed by atoms with Gasteiger partial charge >= 0.3 is 0 Å². The van der Waals surface area contributed by atoms with Crippen LogP contribution in [-0.4, -0.2) is 50.8 Å². The summed E-state index contributed by atoms with van der Waals surface area (Å²) >= 11 is 6.06. The maximum Gasteiger partial charge on any atom is 0.193 e. The monoisotopic (exact) mass is 491 g/mol. The van der Waals surface area contributed by atoms with Crippen LogP contribution < -0.4 is 5.32 Å². The fraction of sp³-hybridized carbons (Fsp3) is 0.650. The Morgan fingerprint density at radius 3 is 2.62 bits per heavy atom. The molecule has 0 spiro atoms. The number of rotatable bonds is 6. The van der Waals surface area contributed by atoms with Crippen molar-refractivity contribution in [1.29, 1.82) is 0 Å². The molecule has 1 unspecified atom stereocenters. The number of guanidine groups is 1. The number of benzene rings is 1. The molecule has 4 nitrogen and oxygen atoms in total. The van der Waals surface area contributed by atoms with Crippen molar-refractivity contribution in [2.45, 2.75) is 38.0 Å². The number of halogens is 2. The summed E-state index contributed by atoms with van der Waals surface area (Å²) in [7, 11) is 2.13. The highest BCUT2D eigenvalue weighted by atomic mass is 127. The maximum atomic E-state index is 6.06. The van der Waals surface area contributed by atoms with E-state index in [1.54, 1.807) is 0 Å². The molecule has 2 fully saturated rings. The summed E-state index contributed by atoms with van der Waals surface area (Å²) in [5, 5.41) is 4.25. The van der Waals surface area contributed by atoms with E-state index < -0.39 is 0 Å². The van der Waals surface area contributed by atoms with Crippen molar-refractivity contribution >= 4 is 41.5 Å². The van der Waals surface area contributed by atoms with Gasteiger partial charge in [-0.15, -0.1) is 24.0 Å². The maximum absolute atomic E-state index is 6.06. The molecule has 146 valence electrons. The van der Waals surface area contributed by atoms with Gasteiger partial charge in [0.05, 0.1) is 13.2 Å². The molecule has 1 heterocycles. The predicted molar refractivity (Wildman–Crippen MR) is 120 cm³/mol. The molecule has 2 aliphatic rings. The third-order valence-electron chi connectivity index (χ3n) is 5.55. The van der Waals surface area contributed by atoms with Crippen LogP contribution in [0.5, 0.6) is 0 Å². The Balaban J connectivity index is 0.00000243. The summed E-state index contributed by atoms with van der Waals surface area (Å²) in [5.41, 5.74) is 1.55. The van der Waals surface area contributed by atoms with Gasteiger partial charge in [0, 0.05) is 43.1 Å². The van der Waals surface area contributed by atoms with Crippen LogP contribution in [0, 0.1) is 5.92 Å². The molecule has 1 aromatic carbocycles. The van der Waals surface area contributed by atoms with E-state index in [9.17, 15) is 0 Å². The first-order valence-corrected chi connectivity index (χ1v) is 9.84. The normalized spacial score (nSPS) is 21.7. The molecule has 1 saturated heterocycles. The van der Waals surface area contributed by atoms with E-state index in [2.05, 4.69) is 36.3 Å². The molecule has 1 saturated carbocycles. The number of hydrogen-bond acceptors (Lipinski definition) is 2. The fourth-order valence-electron chi connectivity index (χ4n) is 3.84. The van der Waals surface area contributed by atoms with Crippen molar-refractivity contribution in [3.05, 3.63) is 34.9 Å². The summed E-state index contributed by atoms with van der Waals surface area (Å²) in [5.74, 6) is 1.62. The Bertz CT molecular complexity index is 583. The van der Waals surface area contributed by atoms with Gasteiger partial charge in [0.1, 0.15) is 0 Å². The average Bonchev–Trinajstić information content (AvgIpc) is 3.07. The number of hydrogen-bond donors (Lipinski definition) is 1. The summed E-state index contributed by atoms with van der Waals surface area (Å²) in [6.45, 7) is 6.62. The number of ether oxygens (including phenoxy) is 1. The molecule has 0 amide bonds. The van der Waals surface area contributed by atoms with Crippen molar-refractivity contribution in [3.8, 4) is 0 Å². The molecule has 1 aromatic rings. The lowest BCUT2D eigenvalue weighted by molar-refractivity contribution is 0.181. The Hall–Kier alpha value is -0.530. The second kappa shape index (κ2) is 10.1. The van der Waals surface area contributed by atoms with Gasteiger partial charge in [-0.1, -0.05) is 30.2 Å². The highest BCUT2D eigenvalue weighted by Gasteiger charge is 2.38. The van der Waals surface area contributed by atoms with Crippen molar-refractivity contribution in [1.82, 2.24) is 10.2 Å². The molecule has 1 aliphatic heterocycles. The molecule has 1 N–H and O–H groups in total. The summed E-state index contributed by atoms with van der Waals surface area (Å²) in [6, 6.07) is 8.34. The minimum absolute atomic E-state index is 0. The van der Waals surface area contributed by atoms with Gasteiger partial charge in [0.15, 0.2) is 5.96 Å². The zero-order valence-corrected chi connectivity index (χ0v) is 18.9. The van der Waals surface area contributed by atoms with E-state index in [-0.39, 0.29) is 29.4 Å². The highest BCUT2D eigenvalue weighted by molar-refractivity contribution is 14.0. The third kappa shape index (κ3) is 5.26. The quantitative estimate of drug-likeness (QED) is 0.366. The van der Waals surface area contributed by atoms with E-state index in [0.29, 0.717) is 5.92 Å². The smallest absolute Gasteiger partial charge is 0.193 e. The van der Waals surface area contributed by atoms with Crippen molar-refractivity contribution in [2.75, 3.05) is 39.9 Å². The van der Waals surface area contributed by atoms with Crippen molar-refractivity contribution in [3.63, 3.8) is 0 Å². The van der Waals surface area contributed by atoms with Crippen LogP contribution in [0.1, 0.15) is 38.2 Å². The molecule has 6 heteroatoms. The second-order valence-electron chi connectivity index (χ2n) is 7.42. The summed E-state index contributed by atoms with van der Waals surface area (Å²) < 4.78 is 5.51. The lowest BCUT2D eigenvalue weighted by Gasteiger charge is -2.41. The average molecular weight is 492 g/mol. The van der Waals surface area contributed by atoms with Gasteiger partial charge in [-0.25, -0.2) is 0 Å². The first kappa shape index (κ1) is 21.8. The Kier molecular flexibility index (Phi) is 8.48. The van der Waals surface area contributed by atoms with Crippen LogP contribution in [0.4, 0.5) is 0 Å². The van der Waals surface area contributed by atoms with E-state index in [4.69, 9.17) is 21.3 Å². The minimum Gasteiger partial charge on any atom is -0.381 e. The van der Waals surface area contributed by atoms with Crippen LogP contribution in [0.3, 0.4) is 0 Å². The molecule has 0 aromatic heterocycles. The number of aliphatic imine (C=N–C) groups is 1. The van der Waals surface area contributed by atoms with Crippen LogP contribution in [0.2, 0.25) is 5.02 Å². The molecule has 26 heavy (non-hydrogen) atoms. The van der Waals surface area contributed by atoms with Crippen LogP contribution in [-0.2, 0) is 10.2 Å². The lowest BCUT2D eigenvalue weighted by Crippen LogP contribution is -2.44. The Labute approximate surface area is 179 Å². The van der Waals surface area contributed by atoms with Gasteiger partial charge in [-0.05, 0) is 43.9 Å². The first-order valence-electron chi connectivity index (χ1n) is 9.46. The van der Waals surface area contributed by atoms with Gasteiger partial charge in [-0.3, -0.25) is 4.99 Å². The summed E-state index contributed by atoms with van der Waals surface area (Å²) in [6.07, 6.45) is 4.85. The lowest BCUT2D eigenvalue weighted by atomic mass is 9.64. The summed E-state index contributed by atoms with van der Waals surface area (Å²) in [4.78, 5) is 7.27. The molecule has 0 bridgehead atoms. The first-order chi connectivity index (χ1) is 12.1. The van der Waals surface area contributed by atoms with Crippen LogP contribution in [0.15, 0.2) is 29.3 Å². The standard InChI is InChI=1S/C20H30ClN3O.HI/c1-3-22-19(24(2)13-16-9-12-25-14-16)23-15-20(10-4-11-20)17-5-7-18(21)8-6-17;/h5-8,16H,3-4,9-15H2,1-2H3,(H,22,23);1H. The third-order valence-corrected chi connectivity index (χ3v) is 5.80. The highest BCUT2D eigenvalue weighted by Crippen LogP contribution is 2.44. The van der Waals surface area contributed by atoms with E-state index >= 15 is 0 Å². The molecule has 0 radical (unpaired) electrons. The molecular formula is C20H31ClIN3O. The van der Waals surface area contributed by atoms with Gasteiger partial charge < -0.3 is 15.0 Å². The molecular weight excluding hydrogens is 461 g/mol. The minimum atomic E-state index is 0.